The van der Waals surface area contributed by atoms with Crippen LogP contribution in [0.3, 0.4) is 0 Å². The highest BCUT2D eigenvalue weighted by Crippen LogP contribution is 2.08. The second-order valence-electron chi connectivity index (χ2n) is 4.48. The molecule has 1 aromatic carbocycles. The van der Waals surface area contributed by atoms with Gasteiger partial charge in [-0.25, -0.2) is 18.1 Å². The zero-order valence-corrected chi connectivity index (χ0v) is 12.4. The molecule has 0 bridgehead atoms. The minimum atomic E-state index is -3.61. The Kier molecular flexibility index (Phi) is 4.39. The third kappa shape index (κ3) is 3.67. The Balaban J connectivity index is 2.06. The molecule has 0 atom stereocenters. The van der Waals surface area contributed by atoms with Crippen molar-refractivity contribution >= 4 is 15.9 Å². The van der Waals surface area contributed by atoms with Gasteiger partial charge in [-0.15, -0.1) is 0 Å². The van der Waals surface area contributed by atoms with Crippen LogP contribution in [0.25, 0.3) is 0 Å². The molecule has 0 aliphatic rings. The molecule has 2 aromatic rings. The van der Waals surface area contributed by atoms with E-state index in [0.29, 0.717) is 17.8 Å². The number of nitrogen functional groups attached to an aromatic ring is 1. The lowest BCUT2D eigenvalue weighted by Gasteiger charge is -2.06. The summed E-state index contributed by atoms with van der Waals surface area (Å²) < 4.78 is 26.6. The predicted octanol–water partition coefficient (Wildman–Crippen LogP) is 0.735. The number of hydrogen-bond donors (Lipinski definition) is 4. The molecule has 112 valence electrons. The largest absolute Gasteiger partial charge is 0.384 e. The Morgan fingerprint density at radius 2 is 2.05 bits per heavy atom. The van der Waals surface area contributed by atoms with Gasteiger partial charge in [0, 0.05) is 18.5 Å². The molecule has 0 aliphatic carbocycles. The van der Waals surface area contributed by atoms with Crippen molar-refractivity contribution < 1.29 is 8.42 Å². The van der Waals surface area contributed by atoms with Crippen molar-refractivity contribution in [3.8, 4) is 0 Å². The summed E-state index contributed by atoms with van der Waals surface area (Å²) in [4.78, 5) is 6.73. The lowest BCUT2D eigenvalue weighted by molar-refractivity contribution is 0.578. The Morgan fingerprint density at radius 1 is 1.38 bits per heavy atom. The number of benzene rings is 1. The maximum Gasteiger partial charge on any atom is 0.257 e. The van der Waals surface area contributed by atoms with Crippen molar-refractivity contribution in [2.45, 2.75) is 24.9 Å². The minimum absolute atomic E-state index is 0.0216. The van der Waals surface area contributed by atoms with Gasteiger partial charge in [0.1, 0.15) is 11.7 Å². The molecule has 1 aromatic heterocycles. The zero-order chi connectivity index (χ0) is 15.5. The van der Waals surface area contributed by atoms with Crippen molar-refractivity contribution in [1.29, 1.82) is 5.41 Å². The summed E-state index contributed by atoms with van der Waals surface area (Å²) in [5.74, 6) is 0.605. The monoisotopic (exact) mass is 307 g/mol. The summed E-state index contributed by atoms with van der Waals surface area (Å²) in [6.07, 6.45) is 1.95. The van der Waals surface area contributed by atoms with E-state index in [1.165, 1.54) is 6.20 Å². The lowest BCUT2D eigenvalue weighted by atomic mass is 10.1. The van der Waals surface area contributed by atoms with Crippen molar-refractivity contribution in [2.24, 2.45) is 5.73 Å². The first-order chi connectivity index (χ1) is 9.92. The quantitative estimate of drug-likeness (QED) is 0.464. The highest BCUT2D eigenvalue weighted by atomic mass is 32.2. The van der Waals surface area contributed by atoms with E-state index in [0.717, 1.165) is 5.56 Å². The topological polar surface area (TPSA) is 125 Å². The maximum atomic E-state index is 12.1. The lowest BCUT2D eigenvalue weighted by Crippen LogP contribution is -2.23. The van der Waals surface area contributed by atoms with Crippen molar-refractivity contribution in [3.05, 3.63) is 47.4 Å². The van der Waals surface area contributed by atoms with Crippen molar-refractivity contribution in [3.63, 3.8) is 0 Å². The third-order valence-electron chi connectivity index (χ3n) is 2.96. The first kappa shape index (κ1) is 15.2. The number of rotatable bonds is 6. The number of aromatic nitrogens is 2. The van der Waals surface area contributed by atoms with Crippen LogP contribution in [0.1, 0.15) is 23.9 Å². The number of aromatic amines is 1. The fraction of sp³-hybridized carbons (Fsp3) is 0.231. The molecule has 7 nitrogen and oxygen atoms in total. The summed E-state index contributed by atoms with van der Waals surface area (Å²) in [5.41, 5.74) is 6.74. The van der Waals surface area contributed by atoms with Gasteiger partial charge in [-0.1, -0.05) is 31.2 Å². The molecule has 0 spiro atoms. The van der Waals surface area contributed by atoms with E-state index < -0.39 is 10.0 Å². The summed E-state index contributed by atoms with van der Waals surface area (Å²) in [5, 5.41) is 7.35. The molecule has 0 aliphatic heterocycles. The first-order valence-corrected chi connectivity index (χ1v) is 7.87. The molecule has 1 heterocycles. The second kappa shape index (κ2) is 6.06. The minimum Gasteiger partial charge on any atom is -0.384 e. The van der Waals surface area contributed by atoms with Crippen LogP contribution in [-0.4, -0.2) is 24.2 Å². The molecular formula is C13H17N5O2S. The Morgan fingerprint density at radius 3 is 2.57 bits per heavy atom. The average Bonchev–Trinajstić information content (AvgIpc) is 2.95. The Bertz CT molecular complexity index is 734. The van der Waals surface area contributed by atoms with Crippen LogP contribution in [0.2, 0.25) is 0 Å². The van der Waals surface area contributed by atoms with Gasteiger partial charge >= 0.3 is 0 Å². The normalized spacial score (nSPS) is 11.5. The molecule has 0 radical (unpaired) electrons. The number of sulfonamides is 1. The van der Waals surface area contributed by atoms with E-state index in [2.05, 4.69) is 14.7 Å². The summed E-state index contributed by atoms with van der Waals surface area (Å²) >= 11 is 0. The summed E-state index contributed by atoms with van der Waals surface area (Å²) in [6.45, 7) is 2.04. The SMILES string of the molecule is CCc1ncc(S(=O)(=O)NCc2ccc(C(=N)N)cc2)[nH]1. The van der Waals surface area contributed by atoms with Crippen LogP contribution in [0, 0.1) is 5.41 Å². The van der Waals surface area contributed by atoms with Gasteiger partial charge in [0.05, 0.1) is 6.20 Å². The van der Waals surface area contributed by atoms with E-state index in [1.807, 2.05) is 6.92 Å². The number of imidazole rings is 1. The maximum absolute atomic E-state index is 12.1. The predicted molar refractivity (Wildman–Crippen MR) is 79.4 cm³/mol. The van der Waals surface area contributed by atoms with Crippen LogP contribution >= 0.6 is 0 Å². The van der Waals surface area contributed by atoms with Gasteiger partial charge in [-0.05, 0) is 5.56 Å². The van der Waals surface area contributed by atoms with Gasteiger partial charge in [0.2, 0.25) is 0 Å². The molecule has 0 fully saturated rings. The van der Waals surface area contributed by atoms with Crippen LogP contribution in [-0.2, 0) is 23.0 Å². The van der Waals surface area contributed by atoms with Gasteiger partial charge in [0.15, 0.2) is 5.03 Å². The van der Waals surface area contributed by atoms with Crippen LogP contribution in [0.15, 0.2) is 35.5 Å². The number of hydrogen-bond acceptors (Lipinski definition) is 4. The number of nitrogens with one attached hydrogen (secondary N) is 3. The summed E-state index contributed by atoms with van der Waals surface area (Å²) in [7, 11) is -3.61. The Hall–Kier alpha value is -2.19. The van der Waals surface area contributed by atoms with Gasteiger partial charge in [-0.3, -0.25) is 5.41 Å². The van der Waals surface area contributed by atoms with Gasteiger partial charge in [0.25, 0.3) is 10.0 Å². The molecular weight excluding hydrogens is 290 g/mol. The van der Waals surface area contributed by atoms with Gasteiger partial charge in [-0.2, -0.15) is 0 Å². The number of aryl methyl sites for hydroxylation is 1. The molecule has 0 saturated carbocycles. The number of amidine groups is 1. The molecule has 5 N–H and O–H groups in total. The zero-order valence-electron chi connectivity index (χ0n) is 11.6. The molecule has 0 amide bonds. The van der Waals surface area contributed by atoms with Crippen LogP contribution < -0.4 is 10.5 Å². The molecule has 2 rings (SSSR count). The van der Waals surface area contributed by atoms with E-state index in [1.54, 1.807) is 24.3 Å². The van der Waals surface area contributed by atoms with Crippen LogP contribution in [0.4, 0.5) is 0 Å². The van der Waals surface area contributed by atoms with Gasteiger partial charge < -0.3 is 10.7 Å². The average molecular weight is 307 g/mol. The van der Waals surface area contributed by atoms with E-state index in [-0.39, 0.29) is 17.4 Å². The summed E-state index contributed by atoms with van der Waals surface area (Å²) in [6, 6.07) is 6.81. The third-order valence-corrected chi connectivity index (χ3v) is 4.27. The smallest absolute Gasteiger partial charge is 0.257 e. The van der Waals surface area contributed by atoms with Crippen LogP contribution in [0.5, 0.6) is 0 Å². The molecule has 0 saturated heterocycles. The number of nitrogens with zero attached hydrogens (tertiary/aromatic N) is 1. The van der Waals surface area contributed by atoms with E-state index in [9.17, 15) is 8.42 Å². The van der Waals surface area contributed by atoms with E-state index in [4.69, 9.17) is 11.1 Å². The van der Waals surface area contributed by atoms with Crippen molar-refractivity contribution in [1.82, 2.24) is 14.7 Å². The first-order valence-electron chi connectivity index (χ1n) is 6.39. The second-order valence-corrected chi connectivity index (χ2v) is 6.22. The number of H-pyrrole nitrogens is 1. The van der Waals surface area contributed by atoms with E-state index >= 15 is 0 Å². The highest BCUT2D eigenvalue weighted by Gasteiger charge is 2.16. The Labute approximate surface area is 123 Å². The molecule has 0 unspecified atom stereocenters. The standard InChI is InChI=1S/C13H17N5O2S/c1-2-11-16-8-12(18-11)21(19,20)17-7-9-3-5-10(6-4-9)13(14)15/h3-6,8,17H,2,7H2,1H3,(H3,14,15)(H,16,18). The fourth-order valence-corrected chi connectivity index (χ4v) is 2.67. The number of nitrogens with two attached hydrogens (primary N) is 1. The molecule has 8 heteroatoms. The molecule has 21 heavy (non-hydrogen) atoms. The highest BCUT2D eigenvalue weighted by molar-refractivity contribution is 7.89. The fourth-order valence-electron chi connectivity index (χ4n) is 1.72. The van der Waals surface area contributed by atoms with Crippen molar-refractivity contribution in [2.75, 3.05) is 0 Å².